The van der Waals surface area contributed by atoms with Crippen LogP contribution in [0, 0.1) is 6.92 Å². The van der Waals surface area contributed by atoms with E-state index in [9.17, 15) is 19.5 Å². The molecule has 1 unspecified atom stereocenters. The lowest BCUT2D eigenvalue weighted by atomic mass is 10.2. The van der Waals surface area contributed by atoms with E-state index in [2.05, 4.69) is 22.4 Å². The highest BCUT2D eigenvalue weighted by molar-refractivity contribution is 8.15. The molecule has 0 saturated carbocycles. The van der Waals surface area contributed by atoms with Gasteiger partial charge in [-0.05, 0) is 31.2 Å². The maximum absolute atomic E-state index is 12.8. The number of carbonyl (C=O) groups excluding carboxylic acids is 3. The van der Waals surface area contributed by atoms with Crippen molar-refractivity contribution in [3.05, 3.63) is 72.3 Å². The smallest absolute Gasteiger partial charge is 0.275 e. The number of hydrazone groups is 1. The Labute approximate surface area is 184 Å². The number of amidine groups is 1. The van der Waals surface area contributed by atoms with Crippen LogP contribution in [0.3, 0.4) is 0 Å². The van der Waals surface area contributed by atoms with Gasteiger partial charge in [0.25, 0.3) is 5.91 Å². The predicted molar refractivity (Wildman–Crippen MR) is 121 cm³/mol. The lowest BCUT2D eigenvalue weighted by Gasteiger charge is -2.13. The van der Waals surface area contributed by atoms with E-state index in [0.717, 1.165) is 17.3 Å². The number of nitrogens with zero attached hydrogens (tertiary/aromatic N) is 2. The lowest BCUT2D eigenvalue weighted by molar-refractivity contribution is -0.127. The summed E-state index contributed by atoms with van der Waals surface area (Å²) >= 11 is 1.09. The van der Waals surface area contributed by atoms with Crippen LogP contribution in [-0.4, -0.2) is 44.7 Å². The highest BCUT2D eigenvalue weighted by atomic mass is 32.2. The van der Waals surface area contributed by atoms with Crippen LogP contribution in [0.15, 0.2) is 66.3 Å². The van der Waals surface area contributed by atoms with E-state index in [1.54, 1.807) is 24.3 Å². The minimum absolute atomic E-state index is 0.0442. The molecule has 0 bridgehead atoms. The number of carbonyl (C=O) groups is 3. The van der Waals surface area contributed by atoms with Gasteiger partial charge >= 0.3 is 0 Å². The predicted octanol–water partition coefficient (Wildman–Crippen LogP) is 2.86. The summed E-state index contributed by atoms with van der Waals surface area (Å²) in [6.07, 6.45) is 1.49. The average Bonchev–Trinajstić information content (AvgIpc) is 3.03. The first-order chi connectivity index (χ1) is 14.9. The first kappa shape index (κ1) is 22.1. The van der Waals surface area contributed by atoms with Crippen molar-refractivity contribution in [3.63, 3.8) is 0 Å². The van der Waals surface area contributed by atoms with Gasteiger partial charge in [-0.2, -0.15) is 0 Å². The van der Waals surface area contributed by atoms with Crippen molar-refractivity contribution in [3.8, 4) is 5.75 Å². The molecule has 1 aliphatic heterocycles. The van der Waals surface area contributed by atoms with Crippen molar-refractivity contribution in [2.75, 3.05) is 11.9 Å². The summed E-state index contributed by atoms with van der Waals surface area (Å²) in [4.78, 5) is 38.8. The van der Waals surface area contributed by atoms with Crippen molar-refractivity contribution in [2.45, 2.75) is 18.6 Å². The summed E-state index contributed by atoms with van der Waals surface area (Å²) in [7, 11) is 0. The van der Waals surface area contributed by atoms with Crippen molar-refractivity contribution in [2.24, 2.45) is 5.10 Å². The zero-order valence-corrected chi connectivity index (χ0v) is 17.7. The molecule has 3 N–H and O–H groups in total. The molecule has 0 spiro atoms. The van der Waals surface area contributed by atoms with Crippen molar-refractivity contribution >= 4 is 40.3 Å². The largest absolute Gasteiger partial charge is 0.507 e. The Hall–Kier alpha value is -3.59. The molecule has 0 aromatic heterocycles. The lowest BCUT2D eigenvalue weighted by Crippen LogP contribution is -2.34. The van der Waals surface area contributed by atoms with E-state index in [4.69, 9.17) is 0 Å². The van der Waals surface area contributed by atoms with Gasteiger partial charge in [-0.15, -0.1) is 11.7 Å². The Morgan fingerprint density at radius 3 is 2.61 bits per heavy atom. The molecule has 160 valence electrons. The number of rotatable bonds is 7. The molecular formula is C22H22N4O4S. The van der Waals surface area contributed by atoms with Gasteiger partial charge in [0, 0.05) is 18.7 Å². The standard InChI is InChI=1S/C22H22N4O4S/c1-3-12-26-21(30)18(13-19(28)23-15-10-8-14(2)9-11-15)31-22(26)25-24-20(29)16-6-4-5-7-17(16)27/h3-11,18,27H,1,12-13H2,2H3,(H,23,28)(H,24,29)/b25-22+. The van der Waals surface area contributed by atoms with Crippen LogP contribution in [0.1, 0.15) is 22.3 Å². The highest BCUT2D eigenvalue weighted by Crippen LogP contribution is 2.29. The van der Waals surface area contributed by atoms with Gasteiger partial charge in [-0.1, -0.05) is 47.7 Å². The number of phenolic OH excluding ortho intramolecular Hbond substituents is 1. The van der Waals surface area contributed by atoms with Crippen molar-refractivity contribution < 1.29 is 19.5 Å². The molecule has 1 heterocycles. The second kappa shape index (κ2) is 9.94. The van der Waals surface area contributed by atoms with Crippen LogP contribution in [-0.2, 0) is 9.59 Å². The molecule has 3 rings (SSSR count). The number of hydrogen-bond donors (Lipinski definition) is 3. The Kier molecular flexibility index (Phi) is 7.09. The number of aryl methyl sites for hydroxylation is 1. The molecule has 1 aliphatic rings. The third-order valence-electron chi connectivity index (χ3n) is 4.44. The van der Waals surface area contributed by atoms with E-state index < -0.39 is 11.2 Å². The van der Waals surface area contributed by atoms with Gasteiger partial charge in [0.2, 0.25) is 11.8 Å². The number of phenols is 1. The number of anilines is 1. The molecule has 1 atom stereocenters. The van der Waals surface area contributed by atoms with Gasteiger partial charge < -0.3 is 10.4 Å². The van der Waals surface area contributed by atoms with Gasteiger partial charge in [0.1, 0.15) is 11.0 Å². The van der Waals surface area contributed by atoms with Crippen LogP contribution < -0.4 is 10.7 Å². The fourth-order valence-electron chi connectivity index (χ4n) is 2.86. The minimum Gasteiger partial charge on any atom is -0.507 e. The number of para-hydroxylation sites is 1. The van der Waals surface area contributed by atoms with Crippen LogP contribution in [0.25, 0.3) is 0 Å². The number of hydrogen-bond acceptors (Lipinski definition) is 6. The molecule has 0 radical (unpaired) electrons. The zero-order valence-electron chi connectivity index (χ0n) is 16.9. The molecule has 3 amide bonds. The van der Waals surface area contributed by atoms with Gasteiger partial charge in [-0.25, -0.2) is 5.43 Å². The Morgan fingerprint density at radius 1 is 1.23 bits per heavy atom. The maximum atomic E-state index is 12.8. The zero-order chi connectivity index (χ0) is 22.4. The van der Waals surface area contributed by atoms with E-state index in [1.165, 1.54) is 23.1 Å². The number of aromatic hydroxyl groups is 1. The normalized spacial score (nSPS) is 16.9. The first-order valence-electron chi connectivity index (χ1n) is 9.50. The van der Waals surface area contributed by atoms with E-state index in [0.29, 0.717) is 5.69 Å². The van der Waals surface area contributed by atoms with Crippen LogP contribution in [0.2, 0.25) is 0 Å². The third-order valence-corrected chi connectivity index (χ3v) is 5.61. The average molecular weight is 439 g/mol. The quantitative estimate of drug-likeness (QED) is 0.455. The first-order valence-corrected chi connectivity index (χ1v) is 10.4. The number of thioether (sulfide) groups is 1. The summed E-state index contributed by atoms with van der Waals surface area (Å²) in [5, 5.41) is 16.2. The highest BCUT2D eigenvalue weighted by Gasteiger charge is 2.38. The summed E-state index contributed by atoms with van der Waals surface area (Å²) in [5.41, 5.74) is 4.14. The fraction of sp³-hybridized carbons (Fsp3) is 0.182. The number of benzene rings is 2. The fourth-order valence-corrected chi connectivity index (χ4v) is 3.97. The Balaban J connectivity index is 1.67. The molecule has 2 aromatic carbocycles. The molecule has 9 heteroatoms. The monoisotopic (exact) mass is 438 g/mol. The minimum atomic E-state index is -0.675. The second-order valence-corrected chi connectivity index (χ2v) is 7.98. The van der Waals surface area contributed by atoms with E-state index >= 15 is 0 Å². The topological polar surface area (TPSA) is 111 Å². The van der Waals surface area contributed by atoms with Gasteiger partial charge in [0.15, 0.2) is 5.17 Å². The summed E-state index contributed by atoms with van der Waals surface area (Å²) in [6.45, 7) is 5.78. The Bertz CT molecular complexity index is 1040. The number of nitrogens with one attached hydrogen (secondary N) is 2. The summed E-state index contributed by atoms with van der Waals surface area (Å²) < 4.78 is 0. The SMILES string of the molecule is C=CCN1C(=O)C(CC(=O)Nc2ccc(C)cc2)S/C1=N/NC(=O)c1ccccc1O. The van der Waals surface area contributed by atoms with Gasteiger partial charge in [-0.3, -0.25) is 19.3 Å². The molecule has 2 aromatic rings. The van der Waals surface area contributed by atoms with Crippen molar-refractivity contribution in [1.82, 2.24) is 10.3 Å². The van der Waals surface area contributed by atoms with E-state index in [1.807, 2.05) is 19.1 Å². The number of amides is 3. The van der Waals surface area contributed by atoms with Crippen LogP contribution in [0.5, 0.6) is 5.75 Å². The van der Waals surface area contributed by atoms with Crippen LogP contribution >= 0.6 is 11.8 Å². The van der Waals surface area contributed by atoms with Crippen LogP contribution in [0.4, 0.5) is 5.69 Å². The molecule has 1 saturated heterocycles. The molecular weight excluding hydrogens is 416 g/mol. The van der Waals surface area contributed by atoms with Crippen molar-refractivity contribution in [1.29, 1.82) is 0 Å². The summed E-state index contributed by atoms with van der Waals surface area (Å²) in [6, 6.07) is 13.4. The molecule has 31 heavy (non-hydrogen) atoms. The Morgan fingerprint density at radius 2 is 1.94 bits per heavy atom. The molecule has 0 aliphatic carbocycles. The molecule has 8 nitrogen and oxygen atoms in total. The second-order valence-electron chi connectivity index (χ2n) is 6.81. The maximum Gasteiger partial charge on any atom is 0.275 e. The summed E-state index contributed by atoms with van der Waals surface area (Å²) in [5.74, 6) is -1.38. The van der Waals surface area contributed by atoms with Gasteiger partial charge in [0.05, 0.1) is 5.56 Å². The third kappa shape index (κ3) is 5.52. The molecule has 1 fully saturated rings. The van der Waals surface area contributed by atoms with E-state index in [-0.39, 0.29) is 41.3 Å².